The van der Waals surface area contributed by atoms with Crippen molar-refractivity contribution < 1.29 is 14.3 Å². The average molecular weight is 602 g/mol. The largest absolute Gasteiger partial charge is 0.505 e. The number of halogens is 1. The van der Waals surface area contributed by atoms with Crippen molar-refractivity contribution in [3.63, 3.8) is 0 Å². The van der Waals surface area contributed by atoms with E-state index in [1.165, 1.54) is 12.1 Å². The van der Waals surface area contributed by atoms with E-state index in [4.69, 9.17) is 9.98 Å². The zero-order chi connectivity index (χ0) is 30.7. The summed E-state index contributed by atoms with van der Waals surface area (Å²) in [6.07, 6.45) is 11.8. The molecular weight excluding hydrogens is 569 g/mol. The number of carbonyl (C=O) groups excluding carboxylic acids is 1. The Balaban J connectivity index is 1.03. The van der Waals surface area contributed by atoms with Crippen LogP contribution in [0.3, 0.4) is 0 Å². The lowest BCUT2D eigenvalue weighted by Gasteiger charge is -2.26. The number of H-pyrrole nitrogens is 1. The first-order valence-electron chi connectivity index (χ1n) is 15.6. The molecule has 0 spiro atoms. The molecule has 1 fully saturated rings. The summed E-state index contributed by atoms with van der Waals surface area (Å²) in [5.41, 5.74) is 9.66. The van der Waals surface area contributed by atoms with E-state index in [1.54, 1.807) is 17.3 Å². The molecule has 0 atom stereocenters. The molecule has 0 bridgehead atoms. The molecule has 0 saturated carbocycles. The summed E-state index contributed by atoms with van der Waals surface area (Å²) in [4.78, 5) is 39.5. The van der Waals surface area contributed by atoms with Gasteiger partial charge in [0.1, 0.15) is 17.3 Å². The second-order valence-electron chi connectivity index (χ2n) is 12.0. The van der Waals surface area contributed by atoms with Crippen LogP contribution in [0, 0.1) is 5.82 Å². The minimum Gasteiger partial charge on any atom is -0.505 e. The second-order valence-corrected chi connectivity index (χ2v) is 12.0. The average Bonchev–Trinajstić information content (AvgIpc) is 3.83. The quantitative estimate of drug-likeness (QED) is 0.289. The van der Waals surface area contributed by atoms with Gasteiger partial charge in [-0.15, -0.1) is 0 Å². The highest BCUT2D eigenvalue weighted by atomic mass is 19.1. The minimum absolute atomic E-state index is 0.129. The molecule has 2 aromatic heterocycles. The number of hydrogen-bond donors (Lipinski definition) is 2. The lowest BCUT2D eigenvalue weighted by atomic mass is 9.90. The maximum atomic E-state index is 14.4. The number of benzene rings is 2. The first kappa shape index (κ1) is 27.4. The van der Waals surface area contributed by atoms with Crippen LogP contribution < -0.4 is 4.90 Å². The Kier molecular flexibility index (Phi) is 6.58. The van der Waals surface area contributed by atoms with E-state index in [0.717, 1.165) is 93.8 Å². The second kappa shape index (κ2) is 10.8. The topological polar surface area (TPSA) is 111 Å². The Morgan fingerprint density at radius 3 is 2.73 bits per heavy atom. The number of phenolic OH excluding ortho intramolecular Hbond substituents is 1. The van der Waals surface area contributed by atoms with E-state index in [9.17, 15) is 14.3 Å². The van der Waals surface area contributed by atoms with Crippen LogP contribution in [0.25, 0.3) is 22.3 Å². The van der Waals surface area contributed by atoms with Gasteiger partial charge in [0.25, 0.3) is 5.91 Å². The first-order valence-corrected chi connectivity index (χ1v) is 15.6. The van der Waals surface area contributed by atoms with Gasteiger partial charge in [-0.05, 0) is 66.3 Å². The van der Waals surface area contributed by atoms with Gasteiger partial charge >= 0.3 is 0 Å². The van der Waals surface area contributed by atoms with Gasteiger partial charge in [0, 0.05) is 49.2 Å². The fourth-order valence-electron chi connectivity index (χ4n) is 6.75. The van der Waals surface area contributed by atoms with E-state index in [2.05, 4.69) is 38.1 Å². The van der Waals surface area contributed by atoms with Crippen LogP contribution in [0.2, 0.25) is 0 Å². The number of aryl methyl sites for hydroxylation is 1. The zero-order valence-corrected chi connectivity index (χ0v) is 25.0. The van der Waals surface area contributed by atoms with Crippen molar-refractivity contribution in [2.75, 3.05) is 24.5 Å². The van der Waals surface area contributed by atoms with Crippen LogP contribution in [0.4, 0.5) is 15.9 Å². The van der Waals surface area contributed by atoms with Crippen molar-refractivity contribution in [2.45, 2.75) is 45.6 Å². The normalized spacial score (nSPS) is 17.0. The third-order valence-electron chi connectivity index (χ3n) is 9.21. The molecular formula is C35H32FN7O2. The molecule has 2 aromatic carbocycles. The number of aromatic nitrogens is 4. The van der Waals surface area contributed by atoms with Crippen molar-refractivity contribution in [1.82, 2.24) is 24.8 Å². The van der Waals surface area contributed by atoms with Crippen molar-refractivity contribution in [2.24, 2.45) is 4.99 Å². The lowest BCUT2D eigenvalue weighted by Crippen LogP contribution is -2.36. The number of aromatic hydroxyl groups is 1. The van der Waals surface area contributed by atoms with Gasteiger partial charge in [-0.3, -0.25) is 9.79 Å². The number of phenols is 1. The van der Waals surface area contributed by atoms with Gasteiger partial charge in [-0.2, -0.15) is 0 Å². The minimum atomic E-state index is -0.632. The third-order valence-corrected chi connectivity index (χ3v) is 9.21. The molecule has 3 aliphatic heterocycles. The molecule has 1 saturated heterocycles. The predicted molar refractivity (Wildman–Crippen MR) is 171 cm³/mol. The van der Waals surface area contributed by atoms with Gasteiger partial charge in [0.05, 0.1) is 41.7 Å². The number of anilines is 1. The monoisotopic (exact) mass is 601 g/mol. The number of fused-ring (bicyclic) bond motifs is 4. The van der Waals surface area contributed by atoms with Crippen molar-refractivity contribution in [1.29, 1.82) is 0 Å². The van der Waals surface area contributed by atoms with Gasteiger partial charge in [0.2, 0.25) is 0 Å². The molecule has 10 heteroatoms. The lowest BCUT2D eigenvalue weighted by molar-refractivity contribution is 0.0725. The highest BCUT2D eigenvalue weighted by Gasteiger charge is 2.29. The first-order chi connectivity index (χ1) is 21.9. The van der Waals surface area contributed by atoms with E-state index < -0.39 is 5.82 Å². The number of allylic oxidation sites excluding steroid dienone is 4. The molecule has 45 heavy (non-hydrogen) atoms. The number of nitrogens with zero attached hydrogens (tertiary/aromatic N) is 6. The van der Waals surface area contributed by atoms with E-state index in [0.29, 0.717) is 38.0 Å². The van der Waals surface area contributed by atoms with Crippen molar-refractivity contribution in [3.05, 3.63) is 94.7 Å². The molecule has 8 rings (SSSR count). The number of carbonyl (C=O) groups is 1. The summed E-state index contributed by atoms with van der Waals surface area (Å²) in [5.74, 6) is 0.504. The summed E-state index contributed by atoms with van der Waals surface area (Å²) in [6.45, 7) is 4.95. The van der Waals surface area contributed by atoms with Crippen LogP contribution in [-0.4, -0.2) is 61.2 Å². The summed E-state index contributed by atoms with van der Waals surface area (Å²) in [5, 5.41) is 9.90. The highest BCUT2D eigenvalue weighted by molar-refractivity contribution is 6.32. The van der Waals surface area contributed by atoms with Crippen LogP contribution in [0.5, 0.6) is 5.75 Å². The smallest absolute Gasteiger partial charge is 0.274 e. The van der Waals surface area contributed by atoms with E-state index in [1.807, 2.05) is 19.1 Å². The molecule has 4 aromatic rings. The highest BCUT2D eigenvalue weighted by Crippen LogP contribution is 2.43. The van der Waals surface area contributed by atoms with Crippen LogP contribution in [0.1, 0.15) is 65.0 Å². The Morgan fingerprint density at radius 1 is 1.07 bits per heavy atom. The van der Waals surface area contributed by atoms with Gasteiger partial charge < -0.3 is 19.9 Å². The number of amides is 1. The zero-order valence-electron chi connectivity index (χ0n) is 25.0. The Labute approximate surface area is 259 Å². The molecule has 0 radical (unpaired) electrons. The molecule has 1 aliphatic carbocycles. The van der Waals surface area contributed by atoms with Crippen LogP contribution in [-0.2, 0) is 19.4 Å². The molecule has 1 amide bonds. The molecule has 4 aliphatic rings. The SMILES string of the molecule is CCc1cc(O)c(F)cc1-c1ccc2c(c1)C1=CC(c3nc4c([nH]3)CN(C(=O)c3cnc(N5CCCC5)cn3)CC4)=CCC1=N2. The summed E-state index contributed by atoms with van der Waals surface area (Å²) in [6, 6.07) is 8.91. The van der Waals surface area contributed by atoms with Crippen molar-refractivity contribution >= 4 is 34.3 Å². The maximum absolute atomic E-state index is 14.4. The standard InChI is InChI=1S/C35H32FN7O2/c1-2-20-15-32(44)26(36)16-23(20)21-5-7-27-24(13-21)25-14-22(6-8-28(25)39-27)34-40-29-9-12-43(19-31(29)41-34)35(45)30-17-38-33(18-37-30)42-10-3-4-11-42/h5-7,13-18,44H,2-4,8-12,19H2,1H3,(H,40,41). The Hall–Kier alpha value is -5.12. The maximum Gasteiger partial charge on any atom is 0.274 e. The summed E-state index contributed by atoms with van der Waals surface area (Å²) < 4.78 is 14.4. The molecule has 2 N–H and O–H groups in total. The fourth-order valence-corrected chi connectivity index (χ4v) is 6.75. The van der Waals surface area contributed by atoms with Crippen molar-refractivity contribution in [3.8, 4) is 16.9 Å². The van der Waals surface area contributed by atoms with Gasteiger partial charge in [-0.1, -0.05) is 19.1 Å². The van der Waals surface area contributed by atoms with Gasteiger partial charge in [-0.25, -0.2) is 19.3 Å². The molecule has 9 nitrogen and oxygen atoms in total. The Morgan fingerprint density at radius 2 is 1.93 bits per heavy atom. The van der Waals surface area contributed by atoms with E-state index >= 15 is 0 Å². The third kappa shape index (κ3) is 4.81. The number of imidazole rings is 1. The molecule has 5 heterocycles. The molecule has 226 valence electrons. The summed E-state index contributed by atoms with van der Waals surface area (Å²) >= 11 is 0. The number of nitrogens with one attached hydrogen (secondary N) is 1. The van der Waals surface area contributed by atoms with Gasteiger partial charge in [0.15, 0.2) is 11.6 Å². The summed E-state index contributed by atoms with van der Waals surface area (Å²) in [7, 11) is 0. The number of aliphatic imine (C=N–C) groups is 1. The van der Waals surface area contributed by atoms with E-state index in [-0.39, 0.29) is 11.7 Å². The fraction of sp³-hybridized carbons (Fsp3) is 0.286. The van der Waals surface area contributed by atoms with Crippen LogP contribution >= 0.6 is 0 Å². The predicted octanol–water partition coefficient (Wildman–Crippen LogP) is 6.03. The molecule has 0 unspecified atom stereocenters. The number of rotatable bonds is 5. The Bertz CT molecular complexity index is 1950. The number of hydrogen-bond acceptors (Lipinski definition) is 7. The number of aromatic amines is 1. The van der Waals surface area contributed by atoms with Crippen LogP contribution in [0.15, 0.2) is 59.9 Å².